The van der Waals surface area contributed by atoms with E-state index in [0.717, 1.165) is 32.1 Å². The zero-order valence-corrected chi connectivity index (χ0v) is 14.5. The lowest BCUT2D eigenvalue weighted by Gasteiger charge is -2.64. The molecule has 3 nitrogen and oxygen atoms in total. The SMILES string of the molecule is C[C@]1(CO)CCC[C@]2(C)[C@@H]1CC[C@]13C=C(C(=O)O)[C@@H](CC[C@@H]12)C3. The second-order valence-electron chi connectivity index (χ2n) is 9.43. The van der Waals surface area contributed by atoms with Crippen molar-refractivity contribution >= 4 is 5.97 Å². The number of carbonyl (C=O) groups is 1. The molecule has 0 unspecified atom stereocenters. The molecule has 2 N–H and O–H groups in total. The van der Waals surface area contributed by atoms with Gasteiger partial charge in [-0.25, -0.2) is 4.79 Å². The van der Waals surface area contributed by atoms with Crippen molar-refractivity contribution in [1.29, 1.82) is 0 Å². The van der Waals surface area contributed by atoms with Gasteiger partial charge in [-0.15, -0.1) is 0 Å². The van der Waals surface area contributed by atoms with Crippen LogP contribution in [-0.2, 0) is 4.79 Å². The topological polar surface area (TPSA) is 57.5 Å². The van der Waals surface area contributed by atoms with Crippen LogP contribution >= 0.6 is 0 Å². The molecule has 3 heteroatoms. The molecule has 2 bridgehead atoms. The van der Waals surface area contributed by atoms with E-state index in [0.29, 0.717) is 24.0 Å². The molecule has 0 aromatic rings. The Morgan fingerprint density at radius 2 is 1.96 bits per heavy atom. The summed E-state index contributed by atoms with van der Waals surface area (Å²) in [6.45, 7) is 5.04. The summed E-state index contributed by atoms with van der Waals surface area (Å²) in [6, 6.07) is 0. The summed E-state index contributed by atoms with van der Waals surface area (Å²) in [4.78, 5) is 11.6. The van der Waals surface area contributed by atoms with Gasteiger partial charge in [-0.2, -0.15) is 0 Å². The number of fused-ring (bicyclic) bond motifs is 3. The minimum atomic E-state index is -0.691. The van der Waals surface area contributed by atoms with Gasteiger partial charge in [0.25, 0.3) is 0 Å². The highest BCUT2D eigenvalue weighted by molar-refractivity contribution is 5.88. The van der Waals surface area contributed by atoms with Gasteiger partial charge in [-0.05, 0) is 78.9 Å². The van der Waals surface area contributed by atoms with E-state index in [-0.39, 0.29) is 22.2 Å². The molecule has 4 aliphatic carbocycles. The minimum Gasteiger partial charge on any atom is -0.478 e. The third-order valence-corrected chi connectivity index (χ3v) is 8.41. The van der Waals surface area contributed by atoms with Gasteiger partial charge in [0.1, 0.15) is 0 Å². The van der Waals surface area contributed by atoms with E-state index in [2.05, 4.69) is 19.9 Å². The third-order valence-electron chi connectivity index (χ3n) is 8.41. The van der Waals surface area contributed by atoms with Crippen molar-refractivity contribution in [3.8, 4) is 0 Å². The van der Waals surface area contributed by atoms with E-state index in [1.165, 1.54) is 19.3 Å². The first-order valence-corrected chi connectivity index (χ1v) is 9.42. The fourth-order valence-corrected chi connectivity index (χ4v) is 7.50. The monoisotopic (exact) mass is 318 g/mol. The number of aliphatic carboxylic acids is 1. The molecule has 1 spiro atoms. The van der Waals surface area contributed by atoms with Gasteiger partial charge in [-0.1, -0.05) is 26.3 Å². The summed E-state index contributed by atoms with van der Waals surface area (Å²) in [6.07, 6.45) is 11.3. The molecule has 3 fully saturated rings. The second-order valence-corrected chi connectivity index (χ2v) is 9.43. The summed E-state index contributed by atoms with van der Waals surface area (Å²) in [5, 5.41) is 19.6. The van der Waals surface area contributed by atoms with E-state index < -0.39 is 5.97 Å². The standard InChI is InChI=1S/C20H30O3/c1-18(12-21)7-3-8-19(2)15(18)6-9-20-10-13(4-5-16(19)20)14(11-20)17(22)23/h11,13,15-16,21H,3-10,12H2,1-2H3,(H,22,23)/t13-,15+,16+,18+,19+,20-/m0/s1. The predicted octanol–water partition coefficient (Wildman–Crippen LogP) is 4.01. The summed E-state index contributed by atoms with van der Waals surface area (Å²) in [5.74, 6) is 0.789. The van der Waals surface area contributed by atoms with Gasteiger partial charge in [0.2, 0.25) is 0 Å². The van der Waals surface area contributed by atoms with Gasteiger partial charge in [0.05, 0.1) is 0 Å². The first kappa shape index (κ1) is 15.7. The Bertz CT molecular complexity index is 567. The summed E-state index contributed by atoms with van der Waals surface area (Å²) in [7, 11) is 0. The fourth-order valence-electron chi connectivity index (χ4n) is 7.50. The number of rotatable bonds is 2. The zero-order valence-electron chi connectivity index (χ0n) is 14.5. The molecule has 0 amide bonds. The number of aliphatic hydroxyl groups excluding tert-OH is 1. The van der Waals surface area contributed by atoms with E-state index in [9.17, 15) is 15.0 Å². The van der Waals surface area contributed by atoms with Gasteiger partial charge >= 0.3 is 5.97 Å². The Labute approximate surface area is 139 Å². The first-order valence-electron chi connectivity index (χ1n) is 9.42. The molecule has 0 aromatic heterocycles. The molecule has 3 saturated carbocycles. The highest BCUT2D eigenvalue weighted by Gasteiger charge is 2.63. The average molecular weight is 318 g/mol. The molecule has 0 heterocycles. The van der Waals surface area contributed by atoms with Crippen molar-refractivity contribution in [2.24, 2.45) is 34.0 Å². The van der Waals surface area contributed by atoms with Gasteiger partial charge < -0.3 is 10.2 Å². The number of aliphatic hydroxyl groups is 1. The van der Waals surface area contributed by atoms with Crippen molar-refractivity contribution < 1.29 is 15.0 Å². The van der Waals surface area contributed by atoms with Crippen LogP contribution in [0.25, 0.3) is 0 Å². The lowest BCUT2D eigenvalue weighted by molar-refractivity contribution is -0.149. The Morgan fingerprint density at radius 3 is 2.65 bits per heavy atom. The predicted molar refractivity (Wildman–Crippen MR) is 88.9 cm³/mol. The molecule has 0 aliphatic heterocycles. The van der Waals surface area contributed by atoms with Crippen molar-refractivity contribution in [3.05, 3.63) is 11.6 Å². The number of hydrogen-bond donors (Lipinski definition) is 2. The smallest absolute Gasteiger partial charge is 0.331 e. The van der Waals surface area contributed by atoms with Crippen LogP contribution in [0.1, 0.15) is 65.2 Å². The minimum absolute atomic E-state index is 0.0589. The van der Waals surface area contributed by atoms with Crippen molar-refractivity contribution in [2.75, 3.05) is 6.61 Å². The number of allylic oxidation sites excluding steroid dienone is 1. The van der Waals surface area contributed by atoms with Crippen LogP contribution in [-0.4, -0.2) is 22.8 Å². The lowest BCUT2D eigenvalue weighted by Crippen LogP contribution is -2.57. The van der Waals surface area contributed by atoms with Gasteiger partial charge in [-0.3, -0.25) is 0 Å². The number of carboxylic acids is 1. The quantitative estimate of drug-likeness (QED) is 0.808. The average Bonchev–Trinajstić information content (AvgIpc) is 2.78. The molecule has 0 saturated heterocycles. The molecule has 6 atom stereocenters. The van der Waals surface area contributed by atoms with Crippen LogP contribution in [0.2, 0.25) is 0 Å². The first-order chi connectivity index (χ1) is 10.8. The fraction of sp³-hybridized carbons (Fsp3) is 0.850. The molecular formula is C20H30O3. The lowest BCUT2D eigenvalue weighted by atomic mass is 9.41. The van der Waals surface area contributed by atoms with E-state index in [1.54, 1.807) is 0 Å². The Kier molecular flexibility index (Phi) is 3.30. The molecule has 4 rings (SSSR count). The molecule has 128 valence electrons. The number of carboxylic acid groups (broad SMARTS) is 1. The maximum atomic E-state index is 11.6. The van der Waals surface area contributed by atoms with Crippen LogP contribution in [0.5, 0.6) is 0 Å². The third kappa shape index (κ3) is 1.95. The highest BCUT2D eigenvalue weighted by Crippen LogP contribution is 2.70. The van der Waals surface area contributed by atoms with Crippen LogP contribution < -0.4 is 0 Å². The van der Waals surface area contributed by atoms with Crippen LogP contribution in [0.15, 0.2) is 11.6 Å². The summed E-state index contributed by atoms with van der Waals surface area (Å²) in [5.41, 5.74) is 1.16. The van der Waals surface area contributed by atoms with Gasteiger partial charge in [0, 0.05) is 12.2 Å². The van der Waals surface area contributed by atoms with Crippen LogP contribution in [0, 0.1) is 34.0 Å². The second kappa shape index (κ2) is 4.84. The Hall–Kier alpha value is -0.830. The maximum absolute atomic E-state index is 11.6. The van der Waals surface area contributed by atoms with E-state index in [4.69, 9.17) is 0 Å². The normalized spacial score (nSPS) is 51.6. The van der Waals surface area contributed by atoms with Gasteiger partial charge in [0.15, 0.2) is 0 Å². The molecule has 0 aromatic carbocycles. The largest absolute Gasteiger partial charge is 0.478 e. The van der Waals surface area contributed by atoms with Crippen molar-refractivity contribution in [2.45, 2.75) is 65.2 Å². The summed E-state index contributed by atoms with van der Waals surface area (Å²) >= 11 is 0. The molecule has 0 radical (unpaired) electrons. The summed E-state index contributed by atoms with van der Waals surface area (Å²) < 4.78 is 0. The molecule has 23 heavy (non-hydrogen) atoms. The van der Waals surface area contributed by atoms with Crippen LogP contribution in [0.3, 0.4) is 0 Å². The van der Waals surface area contributed by atoms with E-state index in [1.807, 2.05) is 0 Å². The maximum Gasteiger partial charge on any atom is 0.331 e. The Balaban J connectivity index is 1.75. The Morgan fingerprint density at radius 1 is 1.17 bits per heavy atom. The molecular weight excluding hydrogens is 288 g/mol. The van der Waals surface area contributed by atoms with Crippen LogP contribution in [0.4, 0.5) is 0 Å². The zero-order chi connectivity index (χ0) is 16.5. The van der Waals surface area contributed by atoms with E-state index >= 15 is 0 Å². The van der Waals surface area contributed by atoms with Crippen molar-refractivity contribution in [3.63, 3.8) is 0 Å². The van der Waals surface area contributed by atoms with Crippen molar-refractivity contribution in [1.82, 2.24) is 0 Å². The molecule has 4 aliphatic rings. The highest BCUT2D eigenvalue weighted by atomic mass is 16.4. The number of hydrogen-bond acceptors (Lipinski definition) is 2.